The van der Waals surface area contributed by atoms with Crippen molar-refractivity contribution in [3.63, 3.8) is 0 Å². The Morgan fingerprint density at radius 1 is 1.31 bits per heavy atom. The summed E-state index contributed by atoms with van der Waals surface area (Å²) < 4.78 is 26.0. The highest BCUT2D eigenvalue weighted by atomic mass is 19.3. The minimum absolute atomic E-state index is 0.154. The number of rotatable bonds is 2. The maximum Gasteiger partial charge on any atom is 0.250 e. The van der Waals surface area contributed by atoms with Crippen LogP contribution in [0.1, 0.15) is 24.0 Å². The van der Waals surface area contributed by atoms with Gasteiger partial charge in [0.15, 0.2) is 0 Å². The van der Waals surface area contributed by atoms with E-state index in [1.807, 2.05) is 6.07 Å². The van der Waals surface area contributed by atoms with Crippen LogP contribution in [0.25, 0.3) is 0 Å². The molecule has 0 aromatic heterocycles. The first-order valence-electron chi connectivity index (χ1n) is 5.10. The van der Waals surface area contributed by atoms with E-state index in [0.717, 1.165) is 0 Å². The van der Waals surface area contributed by atoms with Gasteiger partial charge in [0.1, 0.15) is 0 Å². The molecule has 0 bridgehead atoms. The van der Waals surface area contributed by atoms with Crippen LogP contribution in [0, 0.1) is 11.3 Å². The molecule has 0 radical (unpaired) electrons. The van der Waals surface area contributed by atoms with Gasteiger partial charge in [-0.05, 0) is 11.6 Å². The Morgan fingerprint density at radius 2 is 1.94 bits per heavy atom. The van der Waals surface area contributed by atoms with Crippen LogP contribution in [-0.4, -0.2) is 12.5 Å². The van der Waals surface area contributed by atoms with Crippen molar-refractivity contribution in [2.75, 3.05) is 6.54 Å². The summed E-state index contributed by atoms with van der Waals surface area (Å²) in [5.74, 6) is -2.64. The molecule has 0 spiro atoms. The lowest BCUT2D eigenvalue weighted by Gasteiger charge is -2.47. The van der Waals surface area contributed by atoms with Gasteiger partial charge in [0.05, 0.1) is 11.6 Å². The first-order valence-corrected chi connectivity index (χ1v) is 5.10. The van der Waals surface area contributed by atoms with Crippen LogP contribution in [0.15, 0.2) is 24.3 Å². The average Bonchev–Trinajstić information content (AvgIpc) is 2.25. The second kappa shape index (κ2) is 3.53. The fourth-order valence-corrected chi connectivity index (χ4v) is 2.43. The van der Waals surface area contributed by atoms with Crippen molar-refractivity contribution in [3.05, 3.63) is 35.4 Å². The largest absolute Gasteiger partial charge is 0.330 e. The highest BCUT2D eigenvalue weighted by Gasteiger charge is 2.57. The molecule has 0 amide bonds. The standard InChI is InChI=1S/C12H12F2N2/c13-12(14)6-11(7-12,8-16)10-4-2-1-3-9(10)5-15/h1-4H,6-8,16H2. The predicted molar refractivity (Wildman–Crippen MR) is 56.1 cm³/mol. The fourth-order valence-electron chi connectivity index (χ4n) is 2.43. The molecule has 0 aliphatic heterocycles. The molecule has 0 unspecified atom stereocenters. The summed E-state index contributed by atoms with van der Waals surface area (Å²) in [6.07, 6.45) is -0.510. The molecule has 1 aromatic carbocycles. The number of benzene rings is 1. The number of nitrogens with zero attached hydrogens (tertiary/aromatic N) is 1. The maximum atomic E-state index is 13.0. The summed E-state index contributed by atoms with van der Waals surface area (Å²) in [4.78, 5) is 0. The van der Waals surface area contributed by atoms with E-state index in [0.29, 0.717) is 11.1 Å². The van der Waals surface area contributed by atoms with Gasteiger partial charge in [0.25, 0.3) is 0 Å². The van der Waals surface area contributed by atoms with Gasteiger partial charge in [-0.15, -0.1) is 0 Å². The van der Waals surface area contributed by atoms with Crippen LogP contribution in [0.4, 0.5) is 8.78 Å². The normalized spacial score (nSPS) is 20.9. The number of hydrogen-bond acceptors (Lipinski definition) is 2. The van der Waals surface area contributed by atoms with Crippen LogP contribution < -0.4 is 5.73 Å². The van der Waals surface area contributed by atoms with E-state index in [4.69, 9.17) is 11.0 Å². The van der Waals surface area contributed by atoms with Gasteiger partial charge in [0.2, 0.25) is 5.92 Å². The second-order valence-corrected chi connectivity index (χ2v) is 4.35. The van der Waals surface area contributed by atoms with E-state index >= 15 is 0 Å². The summed E-state index contributed by atoms with van der Waals surface area (Å²) in [5.41, 5.74) is 6.00. The minimum atomic E-state index is -2.64. The van der Waals surface area contributed by atoms with E-state index < -0.39 is 11.3 Å². The Bertz CT molecular complexity index is 441. The molecule has 1 aliphatic carbocycles. The third-order valence-corrected chi connectivity index (χ3v) is 3.20. The summed E-state index contributed by atoms with van der Waals surface area (Å²) in [6, 6.07) is 8.87. The third-order valence-electron chi connectivity index (χ3n) is 3.20. The molecule has 1 saturated carbocycles. The SMILES string of the molecule is N#Cc1ccccc1C1(CN)CC(F)(F)C1. The Hall–Kier alpha value is -1.47. The monoisotopic (exact) mass is 222 g/mol. The van der Waals surface area contributed by atoms with E-state index in [1.165, 1.54) is 0 Å². The van der Waals surface area contributed by atoms with Crippen molar-refractivity contribution in [1.82, 2.24) is 0 Å². The van der Waals surface area contributed by atoms with E-state index in [2.05, 4.69) is 0 Å². The molecule has 1 aromatic rings. The molecule has 84 valence electrons. The first kappa shape index (κ1) is 11.0. The molecule has 2 nitrogen and oxygen atoms in total. The maximum absolute atomic E-state index is 13.0. The lowest BCUT2D eigenvalue weighted by molar-refractivity contribution is -0.123. The molecule has 1 aliphatic rings. The third kappa shape index (κ3) is 1.57. The van der Waals surface area contributed by atoms with Gasteiger partial charge in [-0.3, -0.25) is 0 Å². The molecular formula is C12H12F2N2. The molecule has 0 heterocycles. The predicted octanol–water partition coefficient (Wildman–Crippen LogP) is 2.18. The van der Waals surface area contributed by atoms with Gasteiger partial charge < -0.3 is 5.73 Å². The van der Waals surface area contributed by atoms with E-state index in [-0.39, 0.29) is 19.4 Å². The highest BCUT2D eigenvalue weighted by molar-refractivity contribution is 5.44. The molecule has 0 saturated heterocycles. The lowest BCUT2D eigenvalue weighted by Crippen LogP contribution is -2.54. The molecule has 1 fully saturated rings. The van der Waals surface area contributed by atoms with Gasteiger partial charge in [-0.2, -0.15) is 5.26 Å². The molecule has 4 heteroatoms. The van der Waals surface area contributed by atoms with E-state index in [9.17, 15) is 8.78 Å². The number of nitriles is 1. The van der Waals surface area contributed by atoms with Gasteiger partial charge in [-0.1, -0.05) is 18.2 Å². The number of halogens is 2. The van der Waals surface area contributed by atoms with Crippen LogP contribution in [-0.2, 0) is 5.41 Å². The van der Waals surface area contributed by atoms with Gasteiger partial charge in [-0.25, -0.2) is 8.78 Å². The minimum Gasteiger partial charge on any atom is -0.330 e. The molecule has 16 heavy (non-hydrogen) atoms. The number of nitrogens with two attached hydrogens (primary N) is 1. The van der Waals surface area contributed by atoms with Crippen LogP contribution in [0.5, 0.6) is 0 Å². The van der Waals surface area contributed by atoms with Gasteiger partial charge in [0, 0.05) is 24.8 Å². The summed E-state index contributed by atoms with van der Waals surface area (Å²) in [7, 11) is 0. The second-order valence-electron chi connectivity index (χ2n) is 4.35. The Morgan fingerprint density at radius 3 is 2.44 bits per heavy atom. The first-order chi connectivity index (χ1) is 7.53. The fraction of sp³-hybridized carbons (Fsp3) is 0.417. The topological polar surface area (TPSA) is 49.8 Å². The average molecular weight is 222 g/mol. The Kier molecular flexibility index (Phi) is 2.43. The summed E-state index contributed by atoms with van der Waals surface area (Å²) in [6.45, 7) is 0.154. The van der Waals surface area contributed by atoms with Crippen LogP contribution >= 0.6 is 0 Å². The highest BCUT2D eigenvalue weighted by Crippen LogP contribution is 2.53. The van der Waals surface area contributed by atoms with Crippen molar-refractivity contribution < 1.29 is 8.78 Å². The zero-order chi connectivity index (χ0) is 11.8. The smallest absolute Gasteiger partial charge is 0.250 e. The van der Waals surface area contributed by atoms with Crippen molar-refractivity contribution in [3.8, 4) is 6.07 Å². The van der Waals surface area contributed by atoms with E-state index in [1.54, 1.807) is 24.3 Å². The van der Waals surface area contributed by atoms with Crippen molar-refractivity contribution in [2.24, 2.45) is 5.73 Å². The molecule has 0 atom stereocenters. The lowest BCUT2D eigenvalue weighted by atomic mass is 9.61. The van der Waals surface area contributed by atoms with Crippen molar-refractivity contribution in [2.45, 2.75) is 24.2 Å². The summed E-state index contributed by atoms with van der Waals surface area (Å²) >= 11 is 0. The quantitative estimate of drug-likeness (QED) is 0.833. The Labute approximate surface area is 92.7 Å². The number of hydrogen-bond donors (Lipinski definition) is 1. The summed E-state index contributed by atoms with van der Waals surface area (Å²) in [5, 5.41) is 8.95. The molecule has 2 rings (SSSR count). The van der Waals surface area contributed by atoms with Gasteiger partial charge >= 0.3 is 0 Å². The zero-order valence-electron chi connectivity index (χ0n) is 8.71. The zero-order valence-corrected chi connectivity index (χ0v) is 8.71. The van der Waals surface area contributed by atoms with Crippen LogP contribution in [0.3, 0.4) is 0 Å². The van der Waals surface area contributed by atoms with Crippen LogP contribution in [0.2, 0.25) is 0 Å². The molecule has 2 N–H and O–H groups in total. The Balaban J connectivity index is 2.40. The molecular weight excluding hydrogens is 210 g/mol. The number of alkyl halides is 2. The van der Waals surface area contributed by atoms with Crippen molar-refractivity contribution in [1.29, 1.82) is 5.26 Å². The van der Waals surface area contributed by atoms with Crippen molar-refractivity contribution >= 4 is 0 Å².